The molecular weight excluding hydrogens is 175 g/mol. The van der Waals surface area contributed by atoms with Crippen LogP contribution >= 0.6 is 22.6 Å². The Morgan fingerprint density at radius 3 is 1.80 bits per heavy atom. The topological polar surface area (TPSA) is 0 Å². The first-order chi connectivity index (χ1) is 2.31. The molecular formula is C4H5I. The van der Waals surface area contributed by atoms with Crippen LogP contribution in [0.1, 0.15) is 12.8 Å². The Kier molecular flexibility index (Phi) is 0.271. The predicted molar refractivity (Wildman–Crippen MR) is 29.5 cm³/mol. The van der Waals surface area contributed by atoms with Gasteiger partial charge in [0.2, 0.25) is 0 Å². The molecule has 2 aliphatic carbocycles. The van der Waals surface area contributed by atoms with E-state index in [2.05, 4.69) is 22.6 Å². The summed E-state index contributed by atoms with van der Waals surface area (Å²) in [5.74, 6) is 1.18. The van der Waals surface area contributed by atoms with Crippen molar-refractivity contribution in [1.29, 1.82) is 0 Å². The summed E-state index contributed by atoms with van der Waals surface area (Å²) in [5.41, 5.74) is 0. The minimum atomic E-state index is 0.887. The van der Waals surface area contributed by atoms with Crippen LogP contribution in [0.4, 0.5) is 0 Å². The highest BCUT2D eigenvalue weighted by Gasteiger charge is 2.67. The summed E-state index contributed by atoms with van der Waals surface area (Å²) < 4.78 is 0.887. The van der Waals surface area contributed by atoms with E-state index in [-0.39, 0.29) is 0 Å². The van der Waals surface area contributed by atoms with Crippen LogP contribution < -0.4 is 0 Å². The first-order valence-electron chi connectivity index (χ1n) is 2.00. The maximum atomic E-state index is 2.56. The van der Waals surface area contributed by atoms with Gasteiger partial charge in [0.05, 0.1) is 0 Å². The highest BCUT2D eigenvalue weighted by Crippen LogP contribution is 2.73. The zero-order chi connectivity index (χ0) is 3.49. The first-order valence-corrected chi connectivity index (χ1v) is 3.08. The van der Waals surface area contributed by atoms with Crippen molar-refractivity contribution in [2.45, 2.75) is 16.3 Å². The van der Waals surface area contributed by atoms with Crippen molar-refractivity contribution in [1.82, 2.24) is 0 Å². The fourth-order valence-electron chi connectivity index (χ4n) is 0.642. The molecule has 0 aromatic heterocycles. The van der Waals surface area contributed by atoms with Gasteiger partial charge in [-0.1, -0.05) is 22.6 Å². The lowest BCUT2D eigenvalue weighted by molar-refractivity contribution is 0.950. The van der Waals surface area contributed by atoms with Gasteiger partial charge >= 0.3 is 0 Å². The van der Waals surface area contributed by atoms with E-state index in [0.717, 1.165) is 3.42 Å². The molecule has 0 heterocycles. The molecule has 0 atom stereocenters. The second-order valence-electron chi connectivity index (χ2n) is 2.14. The Labute approximate surface area is 45.1 Å². The van der Waals surface area contributed by atoms with Gasteiger partial charge < -0.3 is 0 Å². The smallest absolute Gasteiger partial charge is 0.0257 e. The van der Waals surface area contributed by atoms with Crippen LogP contribution in [0.3, 0.4) is 0 Å². The molecule has 0 radical (unpaired) electrons. The summed E-state index contributed by atoms with van der Waals surface area (Å²) in [6.07, 6.45) is 3.07. The van der Waals surface area contributed by atoms with Crippen LogP contribution in [0, 0.1) is 5.92 Å². The number of rotatable bonds is 0. The van der Waals surface area contributed by atoms with Gasteiger partial charge in [-0.3, -0.25) is 0 Å². The molecule has 0 aromatic rings. The van der Waals surface area contributed by atoms with Crippen LogP contribution in [0.5, 0.6) is 0 Å². The van der Waals surface area contributed by atoms with Gasteiger partial charge in [0.1, 0.15) is 0 Å². The standard InChI is InChI=1S/C4H5I/c5-4-1-3(4)2-4/h3H,1-2H2. The number of fused-ring (bicyclic) bond motifs is 1. The van der Waals surface area contributed by atoms with Crippen molar-refractivity contribution in [3.05, 3.63) is 0 Å². The molecule has 2 fully saturated rings. The highest BCUT2D eigenvalue weighted by atomic mass is 127. The molecule has 0 spiro atoms. The molecule has 0 saturated heterocycles. The summed E-state index contributed by atoms with van der Waals surface area (Å²) in [4.78, 5) is 0. The monoisotopic (exact) mass is 180 g/mol. The Morgan fingerprint density at radius 1 is 1.60 bits per heavy atom. The largest absolute Gasteiger partial charge is 0.0785 e. The second kappa shape index (κ2) is 0.478. The lowest BCUT2D eigenvalue weighted by Gasteiger charge is -1.76. The third-order valence-corrected chi connectivity index (χ3v) is 3.34. The minimum Gasteiger partial charge on any atom is -0.0785 e. The Morgan fingerprint density at radius 2 is 1.80 bits per heavy atom. The van der Waals surface area contributed by atoms with E-state index in [4.69, 9.17) is 0 Å². The molecule has 0 aromatic carbocycles. The molecule has 28 valence electrons. The normalized spacial score (nSPS) is 70.2. The highest BCUT2D eigenvalue weighted by molar-refractivity contribution is 14.1. The molecule has 5 heavy (non-hydrogen) atoms. The maximum Gasteiger partial charge on any atom is 0.0257 e. The zero-order valence-corrected chi connectivity index (χ0v) is 5.03. The molecule has 0 bridgehead atoms. The quantitative estimate of drug-likeness (QED) is 0.392. The summed E-state index contributed by atoms with van der Waals surface area (Å²) in [6, 6.07) is 0. The van der Waals surface area contributed by atoms with Crippen LogP contribution in [0.15, 0.2) is 0 Å². The SMILES string of the molecule is IC12CC1C2. The summed E-state index contributed by atoms with van der Waals surface area (Å²) in [5, 5.41) is 0. The van der Waals surface area contributed by atoms with Gasteiger partial charge in [-0.05, 0) is 18.8 Å². The van der Waals surface area contributed by atoms with Crippen molar-refractivity contribution in [2.24, 2.45) is 5.92 Å². The minimum absolute atomic E-state index is 0.887. The Bertz CT molecular complexity index is 71.7. The number of halogens is 1. The van der Waals surface area contributed by atoms with E-state index in [1.165, 1.54) is 18.8 Å². The van der Waals surface area contributed by atoms with Gasteiger partial charge in [0.15, 0.2) is 0 Å². The third kappa shape index (κ3) is 0.218. The predicted octanol–water partition coefficient (Wildman–Crippen LogP) is 1.58. The van der Waals surface area contributed by atoms with Crippen molar-refractivity contribution < 1.29 is 0 Å². The van der Waals surface area contributed by atoms with Gasteiger partial charge in [0, 0.05) is 3.42 Å². The Balaban J connectivity index is 2.37. The van der Waals surface area contributed by atoms with E-state index in [1.807, 2.05) is 0 Å². The molecule has 2 rings (SSSR count). The van der Waals surface area contributed by atoms with E-state index in [1.54, 1.807) is 0 Å². The van der Waals surface area contributed by atoms with Crippen molar-refractivity contribution in [3.63, 3.8) is 0 Å². The summed E-state index contributed by atoms with van der Waals surface area (Å²) >= 11 is 2.56. The molecule has 0 aliphatic heterocycles. The average Bonchev–Trinajstić information content (AvgIpc) is 1.74. The lowest BCUT2D eigenvalue weighted by atomic mass is 10.4. The number of hydrogen-bond acceptors (Lipinski definition) is 0. The lowest BCUT2D eigenvalue weighted by Crippen LogP contribution is -1.69. The van der Waals surface area contributed by atoms with Gasteiger partial charge in [-0.25, -0.2) is 0 Å². The van der Waals surface area contributed by atoms with E-state index in [0.29, 0.717) is 0 Å². The van der Waals surface area contributed by atoms with E-state index in [9.17, 15) is 0 Å². The molecule has 2 saturated carbocycles. The molecule has 0 unspecified atom stereocenters. The van der Waals surface area contributed by atoms with E-state index < -0.39 is 0 Å². The van der Waals surface area contributed by atoms with E-state index >= 15 is 0 Å². The number of hydrogen-bond donors (Lipinski definition) is 0. The van der Waals surface area contributed by atoms with Crippen LogP contribution in [0.2, 0.25) is 0 Å². The number of alkyl halides is 1. The van der Waals surface area contributed by atoms with Crippen LogP contribution in [-0.2, 0) is 0 Å². The van der Waals surface area contributed by atoms with Crippen molar-refractivity contribution >= 4 is 22.6 Å². The zero-order valence-electron chi connectivity index (χ0n) is 2.87. The fourth-order valence-corrected chi connectivity index (χ4v) is 1.70. The molecule has 0 nitrogen and oxygen atoms in total. The average molecular weight is 180 g/mol. The fraction of sp³-hybridized carbons (Fsp3) is 1.00. The Hall–Kier alpha value is 0.730. The van der Waals surface area contributed by atoms with Crippen LogP contribution in [-0.4, -0.2) is 3.42 Å². The summed E-state index contributed by atoms with van der Waals surface area (Å²) in [7, 11) is 0. The molecule has 2 aliphatic rings. The molecule has 0 N–H and O–H groups in total. The van der Waals surface area contributed by atoms with Crippen molar-refractivity contribution in [2.75, 3.05) is 0 Å². The molecule has 1 heteroatoms. The van der Waals surface area contributed by atoms with Gasteiger partial charge in [0.25, 0.3) is 0 Å². The first kappa shape index (κ1) is 2.83. The third-order valence-electron chi connectivity index (χ3n) is 1.58. The van der Waals surface area contributed by atoms with Gasteiger partial charge in [-0.2, -0.15) is 0 Å². The second-order valence-corrected chi connectivity index (χ2v) is 4.29. The van der Waals surface area contributed by atoms with Crippen LogP contribution in [0.25, 0.3) is 0 Å². The molecule has 0 amide bonds. The van der Waals surface area contributed by atoms with Crippen molar-refractivity contribution in [3.8, 4) is 0 Å². The van der Waals surface area contributed by atoms with Gasteiger partial charge in [-0.15, -0.1) is 0 Å². The maximum absolute atomic E-state index is 2.56. The summed E-state index contributed by atoms with van der Waals surface area (Å²) in [6.45, 7) is 0.